The summed E-state index contributed by atoms with van der Waals surface area (Å²) < 4.78 is 8.75. The maximum absolute atomic E-state index is 12.6. The fraction of sp³-hybridized carbons (Fsp3) is 0.167. The number of thiophene rings is 1. The summed E-state index contributed by atoms with van der Waals surface area (Å²) in [6.45, 7) is 5.23. The van der Waals surface area contributed by atoms with E-state index in [0.29, 0.717) is 18.0 Å². The van der Waals surface area contributed by atoms with E-state index >= 15 is 0 Å². The Bertz CT molecular complexity index is 1200. The summed E-state index contributed by atoms with van der Waals surface area (Å²) in [6.07, 6.45) is 3.69. The molecule has 0 spiro atoms. The molecule has 1 amide bonds. The highest BCUT2D eigenvalue weighted by atomic mass is 79.9. The van der Waals surface area contributed by atoms with Crippen LogP contribution in [0, 0.1) is 13.8 Å². The minimum absolute atomic E-state index is 0.119. The third-order valence-corrected chi connectivity index (χ3v) is 6.37. The number of benzene rings is 2. The van der Waals surface area contributed by atoms with Gasteiger partial charge in [-0.2, -0.15) is 5.10 Å². The van der Waals surface area contributed by atoms with Crippen LogP contribution in [0.2, 0.25) is 0 Å². The van der Waals surface area contributed by atoms with Crippen molar-refractivity contribution in [1.82, 2.24) is 9.78 Å². The number of rotatable bonds is 7. The average molecular weight is 496 g/mol. The van der Waals surface area contributed by atoms with E-state index < -0.39 is 0 Å². The topological polar surface area (TPSA) is 56.1 Å². The van der Waals surface area contributed by atoms with Gasteiger partial charge in [0, 0.05) is 17.4 Å². The number of anilines is 1. The summed E-state index contributed by atoms with van der Waals surface area (Å²) in [5.41, 5.74) is 5.19. The predicted octanol–water partition coefficient (Wildman–Crippen LogP) is 6.20. The van der Waals surface area contributed by atoms with Crippen LogP contribution in [-0.4, -0.2) is 15.7 Å². The lowest BCUT2D eigenvalue weighted by atomic mass is 10.1. The molecule has 31 heavy (non-hydrogen) atoms. The zero-order chi connectivity index (χ0) is 21.8. The van der Waals surface area contributed by atoms with Crippen molar-refractivity contribution in [3.05, 3.63) is 97.9 Å². The molecule has 0 saturated carbocycles. The zero-order valence-electron chi connectivity index (χ0n) is 17.3. The Morgan fingerprint density at radius 3 is 2.71 bits per heavy atom. The molecule has 0 fully saturated rings. The first-order valence-corrected chi connectivity index (χ1v) is 11.5. The first kappa shape index (κ1) is 21.3. The monoisotopic (exact) mass is 495 g/mol. The Kier molecular flexibility index (Phi) is 6.53. The second-order valence-corrected chi connectivity index (χ2v) is 9.14. The molecule has 7 heteroatoms. The minimum atomic E-state index is -0.119. The molecule has 2 heterocycles. The van der Waals surface area contributed by atoms with Gasteiger partial charge in [0.2, 0.25) is 0 Å². The Morgan fingerprint density at radius 2 is 1.97 bits per heavy atom. The minimum Gasteiger partial charge on any atom is -0.489 e. The van der Waals surface area contributed by atoms with E-state index in [0.717, 1.165) is 32.6 Å². The number of halogens is 1. The van der Waals surface area contributed by atoms with E-state index in [1.54, 1.807) is 6.20 Å². The third-order valence-electron chi connectivity index (χ3n) is 4.98. The Morgan fingerprint density at radius 1 is 1.16 bits per heavy atom. The average Bonchev–Trinajstić information content (AvgIpc) is 3.39. The van der Waals surface area contributed by atoms with Gasteiger partial charge in [-0.1, -0.05) is 24.3 Å². The second kappa shape index (κ2) is 9.49. The van der Waals surface area contributed by atoms with Crippen LogP contribution in [0.1, 0.15) is 31.9 Å². The standard InChI is InChI=1S/C24H22BrN3O2S/c1-16-4-3-5-22(17(16)2)30-14-19-10-23(31-15-19)24(29)27-21-8-6-18(7-9-21)12-28-13-20(25)11-26-28/h3-11,13,15H,12,14H2,1-2H3,(H,27,29). The van der Waals surface area contributed by atoms with Gasteiger partial charge in [0.05, 0.1) is 22.1 Å². The van der Waals surface area contributed by atoms with E-state index in [4.69, 9.17) is 4.74 Å². The molecule has 5 nitrogen and oxygen atoms in total. The number of carbonyl (C=O) groups is 1. The van der Waals surface area contributed by atoms with Gasteiger partial charge in [-0.15, -0.1) is 11.3 Å². The third kappa shape index (κ3) is 5.42. The van der Waals surface area contributed by atoms with Crippen LogP contribution in [0.25, 0.3) is 0 Å². The Hall–Kier alpha value is -2.90. The molecule has 0 bridgehead atoms. The number of hydrogen-bond acceptors (Lipinski definition) is 4. The molecule has 158 valence electrons. The van der Waals surface area contributed by atoms with E-state index in [-0.39, 0.29) is 5.91 Å². The number of carbonyl (C=O) groups excluding carboxylic acids is 1. The molecule has 0 aliphatic rings. The van der Waals surface area contributed by atoms with Gasteiger partial charge in [-0.25, -0.2) is 0 Å². The van der Waals surface area contributed by atoms with Crippen LogP contribution in [0.15, 0.2) is 70.8 Å². The quantitative estimate of drug-likeness (QED) is 0.331. The molecule has 2 aromatic heterocycles. The van der Waals surface area contributed by atoms with Crippen molar-refractivity contribution in [1.29, 1.82) is 0 Å². The number of hydrogen-bond donors (Lipinski definition) is 1. The van der Waals surface area contributed by atoms with Gasteiger partial charge in [0.15, 0.2) is 0 Å². The molecular weight excluding hydrogens is 474 g/mol. The van der Waals surface area contributed by atoms with Crippen molar-refractivity contribution in [2.45, 2.75) is 27.0 Å². The summed E-state index contributed by atoms with van der Waals surface area (Å²) in [7, 11) is 0. The van der Waals surface area contributed by atoms with Crippen LogP contribution in [0.4, 0.5) is 5.69 Å². The van der Waals surface area contributed by atoms with Gasteiger partial charge >= 0.3 is 0 Å². The second-order valence-electron chi connectivity index (χ2n) is 7.31. The van der Waals surface area contributed by atoms with Gasteiger partial charge in [0.1, 0.15) is 12.4 Å². The lowest BCUT2D eigenvalue weighted by molar-refractivity contribution is 0.103. The number of aryl methyl sites for hydroxylation is 1. The lowest BCUT2D eigenvalue weighted by Crippen LogP contribution is -2.10. The molecule has 0 radical (unpaired) electrons. The Balaban J connectivity index is 1.33. The largest absolute Gasteiger partial charge is 0.489 e. The van der Waals surface area contributed by atoms with Gasteiger partial charge in [0.25, 0.3) is 5.91 Å². The number of ether oxygens (including phenoxy) is 1. The van der Waals surface area contributed by atoms with Crippen molar-refractivity contribution >= 4 is 38.9 Å². The number of amides is 1. The van der Waals surface area contributed by atoms with Crippen molar-refractivity contribution < 1.29 is 9.53 Å². The Labute approximate surface area is 193 Å². The van der Waals surface area contributed by atoms with E-state index in [1.165, 1.54) is 16.9 Å². The molecule has 0 unspecified atom stereocenters. The summed E-state index contributed by atoms with van der Waals surface area (Å²) in [6, 6.07) is 15.7. The molecule has 0 aliphatic carbocycles. The maximum atomic E-state index is 12.6. The molecule has 4 rings (SSSR count). The molecule has 1 N–H and O–H groups in total. The zero-order valence-corrected chi connectivity index (χ0v) is 19.7. The fourth-order valence-electron chi connectivity index (χ4n) is 3.11. The SMILES string of the molecule is Cc1cccc(OCc2csc(C(=O)Nc3ccc(Cn4cc(Br)cn4)cc3)c2)c1C. The van der Waals surface area contributed by atoms with Crippen molar-refractivity contribution in [3.63, 3.8) is 0 Å². The van der Waals surface area contributed by atoms with E-state index in [9.17, 15) is 4.79 Å². The molecule has 4 aromatic rings. The summed E-state index contributed by atoms with van der Waals surface area (Å²) in [4.78, 5) is 13.3. The van der Waals surface area contributed by atoms with Gasteiger partial charge < -0.3 is 10.1 Å². The summed E-state index contributed by atoms with van der Waals surface area (Å²) >= 11 is 4.82. The highest BCUT2D eigenvalue weighted by molar-refractivity contribution is 9.10. The van der Waals surface area contributed by atoms with E-state index in [2.05, 4.69) is 46.3 Å². The molecule has 0 aliphatic heterocycles. The molecular formula is C24H22BrN3O2S. The van der Waals surface area contributed by atoms with Crippen molar-refractivity contribution in [2.75, 3.05) is 5.32 Å². The van der Waals surface area contributed by atoms with Crippen LogP contribution in [0.3, 0.4) is 0 Å². The van der Waals surface area contributed by atoms with Crippen LogP contribution >= 0.6 is 27.3 Å². The molecule has 2 aromatic carbocycles. The number of nitrogens with one attached hydrogen (secondary N) is 1. The van der Waals surface area contributed by atoms with Gasteiger partial charge in [-0.3, -0.25) is 9.48 Å². The maximum Gasteiger partial charge on any atom is 0.265 e. The lowest BCUT2D eigenvalue weighted by Gasteiger charge is -2.09. The van der Waals surface area contributed by atoms with Gasteiger partial charge in [-0.05, 0) is 76.1 Å². The molecule has 0 saturated heterocycles. The predicted molar refractivity (Wildman–Crippen MR) is 128 cm³/mol. The first-order chi connectivity index (χ1) is 15.0. The van der Waals surface area contributed by atoms with Crippen LogP contribution < -0.4 is 10.1 Å². The highest BCUT2D eigenvalue weighted by Gasteiger charge is 2.11. The van der Waals surface area contributed by atoms with E-state index in [1.807, 2.05) is 58.7 Å². The normalized spacial score (nSPS) is 10.8. The fourth-order valence-corrected chi connectivity index (χ4v) is 4.23. The summed E-state index contributed by atoms with van der Waals surface area (Å²) in [5.74, 6) is 0.756. The first-order valence-electron chi connectivity index (χ1n) is 9.82. The molecule has 0 atom stereocenters. The van der Waals surface area contributed by atoms with Crippen molar-refractivity contribution in [2.24, 2.45) is 0 Å². The smallest absolute Gasteiger partial charge is 0.265 e. The number of nitrogens with zero attached hydrogens (tertiary/aromatic N) is 2. The number of aromatic nitrogens is 2. The van der Waals surface area contributed by atoms with Crippen molar-refractivity contribution in [3.8, 4) is 5.75 Å². The summed E-state index contributed by atoms with van der Waals surface area (Å²) in [5, 5.41) is 9.18. The van der Waals surface area contributed by atoms with Crippen LogP contribution in [-0.2, 0) is 13.2 Å². The highest BCUT2D eigenvalue weighted by Crippen LogP contribution is 2.23. The van der Waals surface area contributed by atoms with Crippen LogP contribution in [0.5, 0.6) is 5.75 Å².